The Morgan fingerprint density at radius 1 is 1.38 bits per heavy atom. The Labute approximate surface area is 78.3 Å². The van der Waals surface area contributed by atoms with Gasteiger partial charge in [-0.2, -0.15) is 0 Å². The molecule has 0 radical (unpaired) electrons. The second-order valence-electron chi connectivity index (χ2n) is 1.98. The van der Waals surface area contributed by atoms with E-state index in [1.165, 1.54) is 19.4 Å². The number of hydrogen-bond donors (Lipinski definition) is 2. The lowest BCUT2D eigenvalue weighted by atomic mass is 9.81. The highest BCUT2D eigenvalue weighted by molar-refractivity contribution is 6.59. The van der Waals surface area contributed by atoms with Crippen molar-refractivity contribution in [1.82, 2.24) is 4.98 Å². The van der Waals surface area contributed by atoms with Crippen LogP contribution in [0, 0.1) is 0 Å². The van der Waals surface area contributed by atoms with Crippen LogP contribution in [0.25, 0.3) is 0 Å². The Bertz CT molecular complexity index is 243. The van der Waals surface area contributed by atoms with Gasteiger partial charge in [-0.05, 0) is 6.07 Å². The van der Waals surface area contributed by atoms with E-state index in [4.69, 9.17) is 14.8 Å². The van der Waals surface area contributed by atoms with Gasteiger partial charge in [0.1, 0.15) is 0 Å². The van der Waals surface area contributed by atoms with Gasteiger partial charge in [0.05, 0.1) is 7.11 Å². The SMILES string of the molecule is CC.COc1ncccc1B(O)O. The second-order valence-corrected chi connectivity index (χ2v) is 1.98. The van der Waals surface area contributed by atoms with Crippen molar-refractivity contribution in [3.63, 3.8) is 0 Å². The topological polar surface area (TPSA) is 62.6 Å². The molecule has 72 valence electrons. The van der Waals surface area contributed by atoms with E-state index in [0.29, 0.717) is 0 Å². The smallest absolute Gasteiger partial charge is 0.481 e. The summed E-state index contributed by atoms with van der Waals surface area (Å²) in [7, 11) is -0.104. The molecule has 0 bridgehead atoms. The minimum absolute atomic E-state index is 0.238. The number of rotatable bonds is 2. The molecule has 0 atom stereocenters. The molecule has 5 heteroatoms. The first-order valence-corrected chi connectivity index (χ1v) is 4.10. The van der Waals surface area contributed by atoms with E-state index in [1.807, 2.05) is 13.8 Å². The van der Waals surface area contributed by atoms with Gasteiger partial charge >= 0.3 is 7.12 Å². The van der Waals surface area contributed by atoms with Gasteiger partial charge in [0, 0.05) is 11.7 Å². The van der Waals surface area contributed by atoms with Gasteiger partial charge in [-0.3, -0.25) is 0 Å². The summed E-state index contributed by atoms with van der Waals surface area (Å²) in [6, 6.07) is 3.15. The minimum Gasteiger partial charge on any atom is -0.481 e. The molecule has 0 saturated carbocycles. The zero-order valence-corrected chi connectivity index (χ0v) is 8.06. The van der Waals surface area contributed by atoms with Crippen molar-refractivity contribution in [2.24, 2.45) is 0 Å². The van der Waals surface area contributed by atoms with Crippen LogP contribution in [0.15, 0.2) is 18.3 Å². The van der Waals surface area contributed by atoms with E-state index in [2.05, 4.69) is 4.98 Å². The molecule has 0 aliphatic carbocycles. The van der Waals surface area contributed by atoms with Crippen LogP contribution in [-0.2, 0) is 0 Å². The van der Waals surface area contributed by atoms with E-state index in [9.17, 15) is 0 Å². The minimum atomic E-state index is -1.53. The average Bonchev–Trinajstić information content (AvgIpc) is 2.20. The van der Waals surface area contributed by atoms with Crippen molar-refractivity contribution in [2.75, 3.05) is 7.11 Å². The van der Waals surface area contributed by atoms with Crippen LogP contribution >= 0.6 is 0 Å². The Balaban J connectivity index is 0.000000671. The molecule has 13 heavy (non-hydrogen) atoms. The first-order valence-electron chi connectivity index (χ1n) is 4.10. The van der Waals surface area contributed by atoms with Crippen molar-refractivity contribution in [3.05, 3.63) is 18.3 Å². The summed E-state index contributed by atoms with van der Waals surface area (Å²) < 4.78 is 4.78. The Morgan fingerprint density at radius 2 is 2.00 bits per heavy atom. The molecule has 0 spiro atoms. The highest BCUT2D eigenvalue weighted by Crippen LogP contribution is 1.99. The molecular formula is C8H14BNO3. The lowest BCUT2D eigenvalue weighted by Gasteiger charge is -2.03. The maximum atomic E-state index is 8.77. The van der Waals surface area contributed by atoms with Crippen molar-refractivity contribution in [3.8, 4) is 5.88 Å². The Kier molecular flexibility index (Phi) is 5.92. The van der Waals surface area contributed by atoms with Gasteiger partial charge < -0.3 is 14.8 Å². The summed E-state index contributed by atoms with van der Waals surface area (Å²) in [4.78, 5) is 3.78. The fraction of sp³-hybridized carbons (Fsp3) is 0.375. The van der Waals surface area contributed by atoms with Crippen LogP contribution < -0.4 is 10.2 Å². The third-order valence-electron chi connectivity index (χ3n) is 1.27. The molecule has 0 unspecified atom stereocenters. The van der Waals surface area contributed by atoms with Crippen molar-refractivity contribution in [2.45, 2.75) is 13.8 Å². The van der Waals surface area contributed by atoms with Crippen LogP contribution in [-0.4, -0.2) is 29.3 Å². The second kappa shape index (κ2) is 6.45. The quantitative estimate of drug-likeness (QED) is 0.623. The molecule has 1 rings (SSSR count). The summed E-state index contributed by atoms with van der Waals surface area (Å²) in [5, 5.41) is 17.5. The van der Waals surface area contributed by atoms with E-state index in [0.717, 1.165) is 0 Å². The molecule has 1 aromatic rings. The fourth-order valence-electron chi connectivity index (χ4n) is 0.770. The molecule has 0 saturated heterocycles. The number of aromatic nitrogens is 1. The van der Waals surface area contributed by atoms with Crippen LogP contribution in [0.2, 0.25) is 0 Å². The van der Waals surface area contributed by atoms with Crippen LogP contribution in [0.4, 0.5) is 0 Å². The molecule has 1 heterocycles. The van der Waals surface area contributed by atoms with Crippen molar-refractivity contribution >= 4 is 12.6 Å². The van der Waals surface area contributed by atoms with E-state index >= 15 is 0 Å². The Hall–Kier alpha value is -1.07. The average molecular weight is 183 g/mol. The first kappa shape index (κ1) is 11.9. The lowest BCUT2D eigenvalue weighted by Crippen LogP contribution is -2.31. The first-order chi connectivity index (χ1) is 6.25. The van der Waals surface area contributed by atoms with Gasteiger partial charge in [-0.1, -0.05) is 19.9 Å². The molecule has 0 aliphatic rings. The van der Waals surface area contributed by atoms with Crippen LogP contribution in [0.1, 0.15) is 13.8 Å². The maximum Gasteiger partial charge on any atom is 0.493 e. The number of ether oxygens (including phenoxy) is 1. The largest absolute Gasteiger partial charge is 0.493 e. The molecule has 4 nitrogen and oxygen atoms in total. The highest BCUT2D eigenvalue weighted by Gasteiger charge is 2.16. The molecule has 0 aromatic carbocycles. The summed E-state index contributed by atoms with van der Waals surface area (Å²) in [5.41, 5.74) is 0.273. The van der Waals surface area contributed by atoms with Crippen molar-refractivity contribution in [1.29, 1.82) is 0 Å². The van der Waals surface area contributed by atoms with Gasteiger partial charge in [-0.25, -0.2) is 4.98 Å². The predicted molar refractivity (Wildman–Crippen MR) is 52.0 cm³/mol. The van der Waals surface area contributed by atoms with Crippen LogP contribution in [0.3, 0.4) is 0 Å². The third-order valence-corrected chi connectivity index (χ3v) is 1.27. The van der Waals surface area contributed by atoms with Gasteiger partial charge in [0.15, 0.2) is 0 Å². The number of pyridine rings is 1. The number of nitrogens with zero attached hydrogens (tertiary/aromatic N) is 1. The van der Waals surface area contributed by atoms with Gasteiger partial charge in [-0.15, -0.1) is 0 Å². The maximum absolute atomic E-state index is 8.77. The van der Waals surface area contributed by atoms with Crippen molar-refractivity contribution < 1.29 is 14.8 Å². The normalized spacial score (nSPS) is 8.38. The summed E-state index contributed by atoms with van der Waals surface area (Å²) >= 11 is 0. The lowest BCUT2D eigenvalue weighted by molar-refractivity contribution is 0.391. The monoisotopic (exact) mass is 183 g/mol. The molecule has 0 fully saturated rings. The fourth-order valence-corrected chi connectivity index (χ4v) is 0.770. The molecular weight excluding hydrogens is 169 g/mol. The highest BCUT2D eigenvalue weighted by atomic mass is 16.5. The third kappa shape index (κ3) is 3.44. The number of methoxy groups -OCH3 is 1. The summed E-state index contributed by atoms with van der Waals surface area (Å²) in [6.45, 7) is 4.00. The van der Waals surface area contributed by atoms with Crippen LogP contribution in [0.5, 0.6) is 5.88 Å². The predicted octanol–water partition coefficient (Wildman–Crippen LogP) is -0.204. The zero-order valence-electron chi connectivity index (χ0n) is 8.06. The molecule has 1 aromatic heterocycles. The Morgan fingerprint density at radius 3 is 2.38 bits per heavy atom. The summed E-state index contributed by atoms with van der Waals surface area (Å²) in [6.07, 6.45) is 1.52. The standard InChI is InChI=1S/C6H8BNO3.C2H6/c1-11-6-5(7(9)10)3-2-4-8-6;1-2/h2-4,9-10H,1H3;1-2H3. The summed E-state index contributed by atoms with van der Waals surface area (Å²) in [5.74, 6) is 0.238. The van der Waals surface area contributed by atoms with Gasteiger partial charge in [0.25, 0.3) is 0 Å². The van der Waals surface area contributed by atoms with E-state index < -0.39 is 7.12 Å². The molecule has 0 aliphatic heterocycles. The van der Waals surface area contributed by atoms with E-state index in [1.54, 1.807) is 6.07 Å². The number of hydrogen-bond acceptors (Lipinski definition) is 4. The zero-order chi connectivity index (χ0) is 10.3. The molecule has 0 amide bonds. The van der Waals surface area contributed by atoms with Gasteiger partial charge in [0.2, 0.25) is 5.88 Å². The molecule has 2 N–H and O–H groups in total. The van der Waals surface area contributed by atoms with E-state index in [-0.39, 0.29) is 11.3 Å².